The fourth-order valence-electron chi connectivity index (χ4n) is 1.50. The number of methoxy groups -OCH3 is 1. The van der Waals surface area contributed by atoms with Gasteiger partial charge in [-0.3, -0.25) is 4.79 Å². The number of rotatable bonds is 4. The highest BCUT2D eigenvalue weighted by atomic mass is 32.1. The summed E-state index contributed by atoms with van der Waals surface area (Å²) in [5.74, 6) is -0.249. The van der Waals surface area contributed by atoms with Crippen LogP contribution in [0.25, 0.3) is 0 Å². The molecule has 1 aromatic heterocycles. The molecule has 0 aliphatic heterocycles. The summed E-state index contributed by atoms with van der Waals surface area (Å²) in [5, 5.41) is 2.94. The summed E-state index contributed by atoms with van der Waals surface area (Å²) in [5.41, 5.74) is 2.01. The van der Waals surface area contributed by atoms with Crippen LogP contribution in [-0.4, -0.2) is 18.1 Å². The first-order valence-electron chi connectivity index (χ1n) is 5.32. The van der Waals surface area contributed by atoms with Crippen LogP contribution in [0, 0.1) is 0 Å². The lowest BCUT2D eigenvalue weighted by molar-refractivity contribution is -0.139. The van der Waals surface area contributed by atoms with Gasteiger partial charge in [0.2, 0.25) is 0 Å². The zero-order chi connectivity index (χ0) is 12.1. The van der Waals surface area contributed by atoms with E-state index in [1.807, 2.05) is 23.6 Å². The third-order valence-electron chi connectivity index (χ3n) is 2.35. The van der Waals surface area contributed by atoms with E-state index in [1.165, 1.54) is 12.7 Å². The molecule has 0 aliphatic rings. The molecule has 3 nitrogen and oxygen atoms in total. The first kappa shape index (κ1) is 11.8. The number of hydrogen-bond donors (Lipinski definition) is 0. The molecule has 2 aromatic rings. The average molecular weight is 247 g/mol. The van der Waals surface area contributed by atoms with Crippen LogP contribution in [-0.2, 0) is 22.4 Å². The van der Waals surface area contributed by atoms with Crippen LogP contribution in [0.3, 0.4) is 0 Å². The summed E-state index contributed by atoms with van der Waals surface area (Å²) >= 11 is 1.58. The molecule has 4 heteroatoms. The van der Waals surface area contributed by atoms with Crippen molar-refractivity contribution < 1.29 is 9.53 Å². The SMILES string of the molecule is COC(=O)Cc1csc(Cc2ccccc2)n1. The first-order chi connectivity index (χ1) is 8.28. The van der Waals surface area contributed by atoms with Gasteiger partial charge in [0.15, 0.2) is 0 Å². The molecule has 0 N–H and O–H groups in total. The van der Waals surface area contributed by atoms with E-state index in [9.17, 15) is 4.79 Å². The maximum atomic E-state index is 11.1. The second kappa shape index (κ2) is 5.59. The van der Waals surface area contributed by atoms with Gasteiger partial charge in [-0.2, -0.15) is 0 Å². The smallest absolute Gasteiger partial charge is 0.311 e. The number of thiazole rings is 1. The monoisotopic (exact) mass is 247 g/mol. The molecule has 0 saturated heterocycles. The van der Waals surface area contributed by atoms with Crippen molar-refractivity contribution in [3.8, 4) is 0 Å². The molecule has 1 heterocycles. The molecule has 88 valence electrons. The number of hydrogen-bond acceptors (Lipinski definition) is 4. The van der Waals surface area contributed by atoms with Crippen molar-refractivity contribution in [2.45, 2.75) is 12.8 Å². The van der Waals surface area contributed by atoms with Gasteiger partial charge >= 0.3 is 5.97 Å². The predicted octanol–water partition coefficient (Wildman–Crippen LogP) is 2.45. The maximum Gasteiger partial charge on any atom is 0.311 e. The Labute approximate surface area is 104 Å². The van der Waals surface area contributed by atoms with Crippen molar-refractivity contribution in [2.24, 2.45) is 0 Å². The lowest BCUT2D eigenvalue weighted by Crippen LogP contribution is -2.04. The van der Waals surface area contributed by atoms with Crippen molar-refractivity contribution >= 4 is 17.3 Å². The van der Waals surface area contributed by atoms with Gasteiger partial charge in [0.05, 0.1) is 24.2 Å². The molecule has 17 heavy (non-hydrogen) atoms. The molecule has 0 saturated carbocycles. The highest BCUT2D eigenvalue weighted by Crippen LogP contribution is 2.15. The van der Waals surface area contributed by atoms with Crippen LogP contribution in [0.5, 0.6) is 0 Å². The van der Waals surface area contributed by atoms with E-state index in [4.69, 9.17) is 0 Å². The van der Waals surface area contributed by atoms with Gasteiger partial charge in [-0.15, -0.1) is 11.3 Å². The zero-order valence-corrected chi connectivity index (χ0v) is 10.4. The molecule has 2 rings (SSSR count). The predicted molar refractivity (Wildman–Crippen MR) is 67.1 cm³/mol. The zero-order valence-electron chi connectivity index (χ0n) is 9.55. The number of nitrogens with zero attached hydrogens (tertiary/aromatic N) is 1. The Kier molecular flexibility index (Phi) is 3.88. The van der Waals surface area contributed by atoms with Crippen molar-refractivity contribution in [1.82, 2.24) is 4.98 Å². The molecule has 0 radical (unpaired) electrons. The van der Waals surface area contributed by atoms with Gasteiger partial charge in [-0.25, -0.2) is 4.98 Å². The molecule has 0 fully saturated rings. The highest BCUT2D eigenvalue weighted by Gasteiger charge is 2.07. The van der Waals surface area contributed by atoms with Crippen LogP contribution in [0.1, 0.15) is 16.3 Å². The van der Waals surface area contributed by atoms with Crippen LogP contribution < -0.4 is 0 Å². The van der Waals surface area contributed by atoms with E-state index in [-0.39, 0.29) is 12.4 Å². The second-order valence-corrected chi connectivity index (χ2v) is 4.59. The number of aromatic nitrogens is 1. The van der Waals surface area contributed by atoms with Crippen molar-refractivity contribution in [3.63, 3.8) is 0 Å². The third kappa shape index (κ3) is 3.39. The van der Waals surface area contributed by atoms with Crippen molar-refractivity contribution in [1.29, 1.82) is 0 Å². The van der Waals surface area contributed by atoms with E-state index in [1.54, 1.807) is 11.3 Å². The Morgan fingerprint density at radius 1 is 1.35 bits per heavy atom. The van der Waals surface area contributed by atoms with Crippen LogP contribution in [0.2, 0.25) is 0 Å². The van der Waals surface area contributed by atoms with Gasteiger partial charge in [0.25, 0.3) is 0 Å². The Morgan fingerprint density at radius 3 is 2.82 bits per heavy atom. The third-order valence-corrected chi connectivity index (χ3v) is 3.25. The molecule has 0 atom stereocenters. The normalized spacial score (nSPS) is 10.2. The standard InChI is InChI=1S/C13H13NO2S/c1-16-13(15)8-11-9-17-12(14-11)7-10-5-3-2-4-6-10/h2-6,9H,7-8H2,1H3. The van der Waals surface area contributed by atoms with Crippen LogP contribution in [0.4, 0.5) is 0 Å². The second-order valence-electron chi connectivity index (χ2n) is 3.65. The van der Waals surface area contributed by atoms with Crippen LogP contribution >= 0.6 is 11.3 Å². The van der Waals surface area contributed by atoms with E-state index >= 15 is 0 Å². The minimum absolute atomic E-state index is 0.249. The van der Waals surface area contributed by atoms with Crippen molar-refractivity contribution in [2.75, 3.05) is 7.11 Å². The Balaban J connectivity index is 2.01. The number of carbonyl (C=O) groups is 1. The largest absolute Gasteiger partial charge is 0.469 e. The summed E-state index contributed by atoms with van der Waals surface area (Å²) in [6, 6.07) is 10.2. The van der Waals surface area contributed by atoms with Crippen molar-refractivity contribution in [3.05, 3.63) is 52.0 Å². The number of ether oxygens (including phenoxy) is 1. The number of carbonyl (C=O) groups excluding carboxylic acids is 1. The number of esters is 1. The molecule has 1 aromatic carbocycles. The molecule has 0 bridgehead atoms. The summed E-state index contributed by atoms with van der Waals surface area (Å²) in [6.07, 6.45) is 1.06. The molecule has 0 amide bonds. The van der Waals surface area contributed by atoms with Gasteiger partial charge in [-0.1, -0.05) is 30.3 Å². The Hall–Kier alpha value is -1.68. The molecule has 0 unspecified atom stereocenters. The Bertz CT molecular complexity index is 493. The fraction of sp³-hybridized carbons (Fsp3) is 0.231. The summed E-state index contributed by atoms with van der Waals surface area (Å²) in [4.78, 5) is 15.5. The summed E-state index contributed by atoms with van der Waals surface area (Å²) in [7, 11) is 1.39. The minimum atomic E-state index is -0.249. The van der Waals surface area contributed by atoms with E-state index in [2.05, 4.69) is 21.9 Å². The van der Waals surface area contributed by atoms with Gasteiger partial charge in [0.1, 0.15) is 0 Å². The highest BCUT2D eigenvalue weighted by molar-refractivity contribution is 7.09. The Morgan fingerprint density at radius 2 is 2.12 bits per heavy atom. The fourth-order valence-corrected chi connectivity index (χ4v) is 2.33. The lowest BCUT2D eigenvalue weighted by atomic mass is 10.2. The molecule has 0 spiro atoms. The van der Waals surface area contributed by atoms with E-state index in [0.29, 0.717) is 0 Å². The molecular formula is C13H13NO2S. The summed E-state index contributed by atoms with van der Waals surface area (Å²) < 4.78 is 4.61. The molecular weight excluding hydrogens is 234 g/mol. The topological polar surface area (TPSA) is 39.2 Å². The van der Waals surface area contributed by atoms with Gasteiger partial charge in [0, 0.05) is 11.8 Å². The van der Waals surface area contributed by atoms with Gasteiger partial charge < -0.3 is 4.74 Å². The minimum Gasteiger partial charge on any atom is -0.469 e. The van der Waals surface area contributed by atoms with Crippen LogP contribution in [0.15, 0.2) is 35.7 Å². The van der Waals surface area contributed by atoms with E-state index < -0.39 is 0 Å². The lowest BCUT2D eigenvalue weighted by Gasteiger charge is -1.96. The van der Waals surface area contributed by atoms with Gasteiger partial charge in [-0.05, 0) is 5.56 Å². The van der Waals surface area contributed by atoms with E-state index in [0.717, 1.165) is 17.1 Å². The number of benzene rings is 1. The summed E-state index contributed by atoms with van der Waals surface area (Å²) in [6.45, 7) is 0. The average Bonchev–Trinajstić information content (AvgIpc) is 2.77. The first-order valence-corrected chi connectivity index (χ1v) is 6.20. The maximum absolute atomic E-state index is 11.1. The molecule has 0 aliphatic carbocycles. The quantitative estimate of drug-likeness (QED) is 0.779.